The number of nitrogens with two attached hydrogens (primary N) is 1. The van der Waals surface area contributed by atoms with Crippen molar-refractivity contribution in [1.82, 2.24) is 4.90 Å². The Bertz CT molecular complexity index is 431. The van der Waals surface area contributed by atoms with Crippen LogP contribution in [0.1, 0.15) is 24.5 Å². The minimum atomic E-state index is 0.0900. The van der Waals surface area contributed by atoms with Gasteiger partial charge in [0.15, 0.2) is 0 Å². The summed E-state index contributed by atoms with van der Waals surface area (Å²) >= 11 is 6.00. The maximum absolute atomic E-state index is 11.4. The normalized spacial score (nSPS) is 15.5. The van der Waals surface area contributed by atoms with Crippen molar-refractivity contribution in [2.45, 2.75) is 26.3 Å². The van der Waals surface area contributed by atoms with E-state index in [-0.39, 0.29) is 5.91 Å². The Labute approximate surface area is 100 Å². The van der Waals surface area contributed by atoms with E-state index in [0.29, 0.717) is 17.3 Å². The molecular weight excluding hydrogens is 224 g/mol. The average Bonchev–Trinajstić information content (AvgIpc) is 2.46. The van der Waals surface area contributed by atoms with Crippen LogP contribution in [0.4, 0.5) is 5.69 Å². The number of hydrogen-bond donors (Lipinski definition) is 1. The van der Waals surface area contributed by atoms with Crippen molar-refractivity contribution in [2.75, 3.05) is 12.3 Å². The third-order valence-corrected chi connectivity index (χ3v) is 3.40. The zero-order valence-corrected chi connectivity index (χ0v) is 10.0. The number of nitrogen functional groups attached to an aromatic ring is 1. The van der Waals surface area contributed by atoms with Gasteiger partial charge in [0.05, 0.1) is 10.7 Å². The molecule has 1 aromatic carbocycles. The second-order valence-electron chi connectivity index (χ2n) is 4.14. The first-order valence-electron chi connectivity index (χ1n) is 5.41. The van der Waals surface area contributed by atoms with Crippen LogP contribution in [-0.2, 0) is 17.8 Å². The van der Waals surface area contributed by atoms with Crippen LogP contribution in [0.15, 0.2) is 12.1 Å². The lowest BCUT2D eigenvalue weighted by atomic mass is 10.0. The number of anilines is 1. The molecule has 0 saturated carbocycles. The van der Waals surface area contributed by atoms with Crippen LogP contribution in [-0.4, -0.2) is 17.4 Å². The van der Waals surface area contributed by atoms with Crippen LogP contribution in [0.5, 0.6) is 0 Å². The molecule has 0 aliphatic carbocycles. The van der Waals surface area contributed by atoms with E-state index in [1.54, 1.807) is 6.92 Å². The molecule has 2 rings (SSSR count). The fourth-order valence-corrected chi connectivity index (χ4v) is 2.28. The smallest absolute Gasteiger partial charge is 0.219 e. The van der Waals surface area contributed by atoms with E-state index in [9.17, 15) is 4.79 Å². The molecular formula is C12H15ClN2O. The van der Waals surface area contributed by atoms with Gasteiger partial charge in [0.2, 0.25) is 5.91 Å². The van der Waals surface area contributed by atoms with E-state index in [2.05, 4.69) is 0 Å². The van der Waals surface area contributed by atoms with Crippen molar-refractivity contribution in [1.29, 1.82) is 0 Å². The Balaban J connectivity index is 2.41. The molecule has 0 aromatic heterocycles. The summed E-state index contributed by atoms with van der Waals surface area (Å²) in [5.41, 5.74) is 8.81. The van der Waals surface area contributed by atoms with Gasteiger partial charge in [-0.1, -0.05) is 17.7 Å². The summed E-state index contributed by atoms with van der Waals surface area (Å²) in [6, 6.07) is 3.84. The van der Waals surface area contributed by atoms with E-state index in [1.165, 1.54) is 5.56 Å². The quantitative estimate of drug-likeness (QED) is 0.705. The first kappa shape index (κ1) is 11.3. The summed E-state index contributed by atoms with van der Waals surface area (Å²) in [5, 5.41) is 0.573. The number of carbonyl (C=O) groups is 1. The number of carbonyl (C=O) groups excluding carboxylic acids is 1. The predicted octanol–water partition coefficient (Wildman–Crippen LogP) is 2.22. The molecule has 0 bridgehead atoms. The van der Waals surface area contributed by atoms with Crippen LogP contribution in [0.25, 0.3) is 0 Å². The largest absolute Gasteiger partial charge is 0.397 e. The average molecular weight is 239 g/mol. The minimum absolute atomic E-state index is 0.0900. The number of aryl methyl sites for hydroxylation is 1. The molecule has 0 fully saturated rings. The zero-order valence-electron chi connectivity index (χ0n) is 9.29. The lowest BCUT2D eigenvalue weighted by Crippen LogP contribution is -2.28. The highest BCUT2D eigenvalue weighted by Crippen LogP contribution is 2.29. The van der Waals surface area contributed by atoms with E-state index in [0.717, 1.165) is 24.9 Å². The molecule has 0 atom stereocenters. The number of fused-ring (bicyclic) bond motifs is 1. The van der Waals surface area contributed by atoms with Crippen LogP contribution < -0.4 is 5.73 Å². The summed E-state index contributed by atoms with van der Waals surface area (Å²) in [6.45, 7) is 2.96. The number of benzene rings is 1. The van der Waals surface area contributed by atoms with Gasteiger partial charge in [0.1, 0.15) is 0 Å². The Morgan fingerprint density at radius 2 is 2.25 bits per heavy atom. The summed E-state index contributed by atoms with van der Waals surface area (Å²) in [7, 11) is 0. The first-order chi connectivity index (χ1) is 7.59. The summed E-state index contributed by atoms with van der Waals surface area (Å²) in [5.74, 6) is 0.0900. The molecule has 16 heavy (non-hydrogen) atoms. The number of hydrogen-bond acceptors (Lipinski definition) is 2. The lowest BCUT2D eigenvalue weighted by molar-refractivity contribution is -0.129. The molecule has 0 spiro atoms. The van der Waals surface area contributed by atoms with Crippen molar-refractivity contribution in [3.05, 3.63) is 28.3 Å². The Hall–Kier alpha value is -1.22. The Morgan fingerprint density at radius 3 is 2.94 bits per heavy atom. The van der Waals surface area contributed by atoms with E-state index in [1.807, 2.05) is 17.0 Å². The van der Waals surface area contributed by atoms with Crippen LogP contribution in [0.3, 0.4) is 0 Å². The third-order valence-electron chi connectivity index (χ3n) is 3.07. The van der Waals surface area contributed by atoms with Crippen molar-refractivity contribution < 1.29 is 4.79 Å². The molecule has 1 amide bonds. The molecule has 1 heterocycles. The standard InChI is InChI=1S/C12H15ClN2O/c1-8(16)15-6-2-3-9-4-5-11(13)12(14)10(9)7-15/h4-5H,2-3,6-7,14H2,1H3. The second-order valence-corrected chi connectivity index (χ2v) is 4.55. The van der Waals surface area contributed by atoms with E-state index >= 15 is 0 Å². The van der Waals surface area contributed by atoms with Crippen molar-refractivity contribution >= 4 is 23.2 Å². The van der Waals surface area contributed by atoms with Crippen LogP contribution >= 0.6 is 11.6 Å². The Kier molecular flexibility index (Phi) is 3.06. The van der Waals surface area contributed by atoms with Crippen LogP contribution in [0.2, 0.25) is 5.02 Å². The molecule has 1 aliphatic heterocycles. The maximum atomic E-state index is 11.4. The van der Waals surface area contributed by atoms with Crippen molar-refractivity contribution in [3.63, 3.8) is 0 Å². The summed E-state index contributed by atoms with van der Waals surface area (Å²) < 4.78 is 0. The molecule has 1 aliphatic rings. The summed E-state index contributed by atoms with van der Waals surface area (Å²) in [4.78, 5) is 13.2. The molecule has 2 N–H and O–H groups in total. The molecule has 0 radical (unpaired) electrons. The lowest BCUT2D eigenvalue weighted by Gasteiger charge is -2.19. The third kappa shape index (κ3) is 2.00. The second kappa shape index (κ2) is 4.34. The molecule has 4 heteroatoms. The van der Waals surface area contributed by atoms with Crippen LogP contribution in [0, 0.1) is 0 Å². The van der Waals surface area contributed by atoms with Gasteiger partial charge in [0.25, 0.3) is 0 Å². The van der Waals surface area contributed by atoms with Gasteiger partial charge in [-0.15, -0.1) is 0 Å². The molecule has 3 nitrogen and oxygen atoms in total. The number of amides is 1. The predicted molar refractivity (Wildman–Crippen MR) is 65.3 cm³/mol. The van der Waals surface area contributed by atoms with Gasteiger partial charge in [-0.3, -0.25) is 4.79 Å². The fraction of sp³-hybridized carbons (Fsp3) is 0.417. The fourth-order valence-electron chi connectivity index (χ4n) is 2.10. The van der Waals surface area contributed by atoms with Gasteiger partial charge in [-0.2, -0.15) is 0 Å². The molecule has 0 unspecified atom stereocenters. The number of rotatable bonds is 0. The van der Waals surface area contributed by atoms with Gasteiger partial charge in [0, 0.05) is 20.0 Å². The number of halogens is 1. The molecule has 0 saturated heterocycles. The van der Waals surface area contributed by atoms with Gasteiger partial charge < -0.3 is 10.6 Å². The SMILES string of the molecule is CC(=O)N1CCCc2ccc(Cl)c(N)c2C1. The van der Waals surface area contributed by atoms with E-state index < -0.39 is 0 Å². The van der Waals surface area contributed by atoms with Crippen molar-refractivity contribution in [3.8, 4) is 0 Å². The maximum Gasteiger partial charge on any atom is 0.219 e. The van der Waals surface area contributed by atoms with Gasteiger partial charge in [-0.25, -0.2) is 0 Å². The van der Waals surface area contributed by atoms with Gasteiger partial charge in [-0.05, 0) is 30.0 Å². The summed E-state index contributed by atoms with van der Waals surface area (Å²) in [6.07, 6.45) is 1.94. The Morgan fingerprint density at radius 1 is 1.50 bits per heavy atom. The highest BCUT2D eigenvalue weighted by atomic mass is 35.5. The van der Waals surface area contributed by atoms with Crippen molar-refractivity contribution in [2.24, 2.45) is 0 Å². The topological polar surface area (TPSA) is 46.3 Å². The molecule has 1 aromatic rings. The highest BCUT2D eigenvalue weighted by molar-refractivity contribution is 6.33. The van der Waals surface area contributed by atoms with E-state index in [4.69, 9.17) is 17.3 Å². The minimum Gasteiger partial charge on any atom is -0.397 e. The zero-order chi connectivity index (χ0) is 11.7. The highest BCUT2D eigenvalue weighted by Gasteiger charge is 2.19. The first-order valence-corrected chi connectivity index (χ1v) is 5.78. The molecule has 86 valence electrons. The van der Waals surface area contributed by atoms with Gasteiger partial charge >= 0.3 is 0 Å². The monoisotopic (exact) mass is 238 g/mol. The number of nitrogens with zero attached hydrogens (tertiary/aromatic N) is 1.